The zero-order valence-electron chi connectivity index (χ0n) is 7.38. The van der Waals surface area contributed by atoms with Gasteiger partial charge in [-0.15, -0.1) is 16.4 Å². The van der Waals surface area contributed by atoms with Crippen LogP contribution >= 0.6 is 11.3 Å². The molecule has 2 rings (SSSR count). The Morgan fingerprint density at radius 2 is 2.43 bits per heavy atom. The Hall–Kier alpha value is -1.27. The third-order valence-electron chi connectivity index (χ3n) is 1.92. The maximum atomic E-state index is 13.1. The molecule has 0 amide bonds. The summed E-state index contributed by atoms with van der Waals surface area (Å²) in [4.78, 5) is 0.287. The smallest absolute Gasteiger partial charge is 0.140 e. The highest BCUT2D eigenvalue weighted by Crippen LogP contribution is 2.27. The molecule has 4 nitrogen and oxygen atoms in total. The van der Waals surface area contributed by atoms with Crippen molar-refractivity contribution in [2.24, 2.45) is 7.05 Å². The van der Waals surface area contributed by atoms with Crippen molar-refractivity contribution in [1.29, 1.82) is 0 Å². The maximum absolute atomic E-state index is 13.1. The summed E-state index contributed by atoms with van der Waals surface area (Å²) in [7, 11) is 1.65. The van der Waals surface area contributed by atoms with Gasteiger partial charge in [-0.25, -0.2) is 9.07 Å². The quantitative estimate of drug-likeness (QED) is 0.812. The molecule has 0 fully saturated rings. The molecule has 0 saturated carbocycles. The number of hydrogen-bond acceptors (Lipinski definition) is 4. The molecule has 6 heteroatoms. The van der Waals surface area contributed by atoms with Crippen molar-refractivity contribution in [3.63, 3.8) is 0 Å². The van der Waals surface area contributed by atoms with Crippen LogP contribution in [0.3, 0.4) is 0 Å². The summed E-state index contributed by atoms with van der Waals surface area (Å²) in [6.07, 6.45) is 0.430. The van der Waals surface area contributed by atoms with Crippen LogP contribution in [0.5, 0.6) is 0 Å². The van der Waals surface area contributed by atoms with Crippen LogP contribution in [-0.4, -0.2) is 20.1 Å². The minimum Gasteiger partial charge on any atom is -0.381 e. The fourth-order valence-corrected chi connectivity index (χ4v) is 1.94. The minimum atomic E-state index is -0.991. The van der Waals surface area contributed by atoms with E-state index in [-0.39, 0.29) is 4.88 Å². The Morgan fingerprint density at radius 1 is 1.64 bits per heavy atom. The van der Waals surface area contributed by atoms with E-state index in [0.717, 1.165) is 0 Å². The first-order valence-corrected chi connectivity index (χ1v) is 4.83. The minimum absolute atomic E-state index is 0.287. The molecule has 0 aliphatic heterocycles. The van der Waals surface area contributed by atoms with Crippen LogP contribution < -0.4 is 0 Å². The summed E-state index contributed by atoms with van der Waals surface area (Å²) in [6.45, 7) is 0. The van der Waals surface area contributed by atoms with Crippen LogP contribution in [0, 0.1) is 5.82 Å². The zero-order valence-corrected chi connectivity index (χ0v) is 8.20. The first kappa shape index (κ1) is 9.29. The Morgan fingerprint density at radius 3 is 2.93 bits per heavy atom. The number of nitrogens with zero attached hydrogens (tertiary/aromatic N) is 3. The summed E-state index contributed by atoms with van der Waals surface area (Å²) < 4.78 is 14.5. The monoisotopic (exact) mass is 213 g/mol. The molecule has 0 aromatic carbocycles. The topological polar surface area (TPSA) is 50.9 Å². The van der Waals surface area contributed by atoms with Crippen molar-refractivity contribution in [2.75, 3.05) is 0 Å². The largest absolute Gasteiger partial charge is 0.381 e. The third kappa shape index (κ3) is 1.42. The van der Waals surface area contributed by atoms with Crippen LogP contribution in [0.1, 0.15) is 16.7 Å². The van der Waals surface area contributed by atoms with Gasteiger partial charge in [-0.1, -0.05) is 5.21 Å². The highest BCUT2D eigenvalue weighted by molar-refractivity contribution is 7.10. The predicted octanol–water partition coefficient (Wildman–Crippen LogP) is 1.10. The second-order valence-electron chi connectivity index (χ2n) is 2.82. The number of hydrogen-bond donors (Lipinski definition) is 1. The molecular formula is C8H8FN3OS. The lowest BCUT2D eigenvalue weighted by molar-refractivity contribution is 0.209. The molecule has 0 spiro atoms. The van der Waals surface area contributed by atoms with E-state index < -0.39 is 11.9 Å². The maximum Gasteiger partial charge on any atom is 0.140 e. The van der Waals surface area contributed by atoms with E-state index in [4.69, 9.17) is 0 Å². The Labute approximate surface area is 83.6 Å². The fourth-order valence-electron chi connectivity index (χ4n) is 1.18. The van der Waals surface area contributed by atoms with Crippen molar-refractivity contribution < 1.29 is 9.50 Å². The van der Waals surface area contributed by atoms with Crippen molar-refractivity contribution in [3.05, 3.63) is 34.0 Å². The molecule has 0 saturated heterocycles. The Bertz CT molecular complexity index is 399. The Balaban J connectivity index is 2.38. The van der Waals surface area contributed by atoms with Gasteiger partial charge in [0.25, 0.3) is 0 Å². The van der Waals surface area contributed by atoms with Gasteiger partial charge in [-0.2, -0.15) is 0 Å². The van der Waals surface area contributed by atoms with Crippen LogP contribution in [0.2, 0.25) is 0 Å². The van der Waals surface area contributed by atoms with Gasteiger partial charge in [0.2, 0.25) is 0 Å². The molecule has 0 aliphatic carbocycles. The average molecular weight is 213 g/mol. The fraction of sp³-hybridized carbons (Fsp3) is 0.250. The van der Waals surface area contributed by atoms with E-state index in [9.17, 15) is 9.50 Å². The normalized spacial score (nSPS) is 13.1. The molecule has 2 heterocycles. The molecule has 0 aliphatic rings. The van der Waals surface area contributed by atoms with Gasteiger partial charge in [0.1, 0.15) is 11.9 Å². The molecule has 0 radical (unpaired) electrons. The second-order valence-corrected chi connectivity index (χ2v) is 3.77. The number of aryl methyl sites for hydroxylation is 1. The SMILES string of the molecule is Cn1nncc1C(O)c1sccc1F. The summed E-state index contributed by atoms with van der Waals surface area (Å²) in [5.41, 5.74) is 0.478. The zero-order chi connectivity index (χ0) is 10.1. The van der Waals surface area contributed by atoms with E-state index in [2.05, 4.69) is 10.3 Å². The van der Waals surface area contributed by atoms with E-state index >= 15 is 0 Å². The molecule has 14 heavy (non-hydrogen) atoms. The average Bonchev–Trinajstić information content (AvgIpc) is 2.73. The van der Waals surface area contributed by atoms with E-state index in [1.807, 2.05) is 0 Å². The van der Waals surface area contributed by atoms with Gasteiger partial charge in [-0.3, -0.25) is 0 Å². The molecule has 2 aromatic rings. The van der Waals surface area contributed by atoms with Crippen LogP contribution in [0.25, 0.3) is 0 Å². The molecule has 1 unspecified atom stereocenters. The summed E-state index contributed by atoms with van der Waals surface area (Å²) in [5.74, 6) is -0.399. The highest BCUT2D eigenvalue weighted by Gasteiger charge is 2.19. The highest BCUT2D eigenvalue weighted by atomic mass is 32.1. The molecule has 2 aromatic heterocycles. The van der Waals surface area contributed by atoms with Crippen LogP contribution in [0.4, 0.5) is 4.39 Å². The standard InChI is InChI=1S/C8H8FN3OS/c1-12-6(4-10-11-12)7(13)8-5(9)2-3-14-8/h2-4,7,13H,1H3. The van der Waals surface area contributed by atoms with E-state index in [0.29, 0.717) is 5.69 Å². The lowest BCUT2D eigenvalue weighted by Crippen LogP contribution is -2.06. The van der Waals surface area contributed by atoms with Crippen LogP contribution in [-0.2, 0) is 7.05 Å². The van der Waals surface area contributed by atoms with Crippen molar-refractivity contribution in [1.82, 2.24) is 15.0 Å². The van der Waals surface area contributed by atoms with Gasteiger partial charge in [-0.05, 0) is 11.4 Å². The van der Waals surface area contributed by atoms with Gasteiger partial charge in [0.05, 0.1) is 16.8 Å². The summed E-state index contributed by atoms with van der Waals surface area (Å²) >= 11 is 1.17. The molecule has 74 valence electrons. The van der Waals surface area contributed by atoms with E-state index in [1.54, 1.807) is 12.4 Å². The van der Waals surface area contributed by atoms with E-state index in [1.165, 1.54) is 28.3 Å². The molecule has 1 atom stereocenters. The van der Waals surface area contributed by atoms with Crippen LogP contribution in [0.15, 0.2) is 17.6 Å². The van der Waals surface area contributed by atoms with Gasteiger partial charge in [0.15, 0.2) is 0 Å². The van der Waals surface area contributed by atoms with Gasteiger partial charge in [0, 0.05) is 7.05 Å². The van der Waals surface area contributed by atoms with Crippen molar-refractivity contribution >= 4 is 11.3 Å². The summed E-state index contributed by atoms with van der Waals surface area (Å²) in [5, 5.41) is 18.7. The van der Waals surface area contributed by atoms with Gasteiger partial charge < -0.3 is 5.11 Å². The predicted molar refractivity (Wildman–Crippen MR) is 49.3 cm³/mol. The molecule has 0 bridgehead atoms. The summed E-state index contributed by atoms with van der Waals surface area (Å²) in [6, 6.07) is 1.33. The lowest BCUT2D eigenvalue weighted by Gasteiger charge is -2.07. The number of halogens is 1. The number of thiophene rings is 1. The number of aliphatic hydroxyl groups is 1. The first-order valence-electron chi connectivity index (χ1n) is 3.95. The second kappa shape index (κ2) is 3.47. The van der Waals surface area contributed by atoms with Gasteiger partial charge >= 0.3 is 0 Å². The Kier molecular flexibility index (Phi) is 2.30. The first-order chi connectivity index (χ1) is 6.70. The molecule has 1 N–H and O–H groups in total. The van der Waals surface area contributed by atoms with Crippen molar-refractivity contribution in [3.8, 4) is 0 Å². The third-order valence-corrected chi connectivity index (χ3v) is 2.87. The van der Waals surface area contributed by atoms with Crippen molar-refractivity contribution in [2.45, 2.75) is 6.10 Å². The number of rotatable bonds is 2. The number of aromatic nitrogens is 3. The lowest BCUT2D eigenvalue weighted by atomic mass is 10.2. The molecular weight excluding hydrogens is 205 g/mol. The number of aliphatic hydroxyl groups excluding tert-OH is 1.